The Bertz CT molecular complexity index is 1390. The summed E-state index contributed by atoms with van der Waals surface area (Å²) in [5, 5.41) is 4.35. The monoisotopic (exact) mass is 612 g/mol. The van der Waals surface area contributed by atoms with Crippen molar-refractivity contribution in [3.63, 3.8) is 0 Å². The molecule has 1 heterocycles. The van der Waals surface area contributed by atoms with E-state index in [0.29, 0.717) is 23.4 Å². The van der Waals surface area contributed by atoms with Crippen LogP contribution in [0, 0.1) is 12.8 Å². The number of rotatable bonds is 12. The predicted octanol–water partition coefficient (Wildman–Crippen LogP) is 6.70. The summed E-state index contributed by atoms with van der Waals surface area (Å²) in [7, 11) is 0. The zero-order chi connectivity index (χ0) is 31.1. The number of carbonyl (C=O) groups is 1. The first kappa shape index (κ1) is 32.3. The van der Waals surface area contributed by atoms with Gasteiger partial charge in [-0.3, -0.25) is 9.69 Å². The smallest absolute Gasteiger partial charge is 0.245 e. The molecule has 0 bridgehead atoms. The van der Waals surface area contributed by atoms with Crippen molar-refractivity contribution in [3.05, 3.63) is 118 Å². The predicted molar refractivity (Wildman–Crippen MR) is 183 cm³/mol. The van der Waals surface area contributed by atoms with Crippen molar-refractivity contribution >= 4 is 17.5 Å². The van der Waals surface area contributed by atoms with E-state index in [1.807, 2.05) is 24.3 Å². The van der Waals surface area contributed by atoms with Crippen LogP contribution in [0.3, 0.4) is 0 Å². The molecule has 44 heavy (non-hydrogen) atoms. The summed E-state index contributed by atoms with van der Waals surface area (Å²) in [4.78, 5) is 21.4. The van der Waals surface area contributed by atoms with Crippen LogP contribution in [0.15, 0.2) is 85.1 Å². The van der Waals surface area contributed by atoms with Crippen LogP contribution in [0.4, 0.5) is 0 Å². The SMILES string of the molecule is C=C(NC(Cc1ccc(Cl)cc1)C(=O)N1CCN(C(CN(CC)CC)c2cccc(C)c2)CC1)C1CCc2ccccc2C1. The Morgan fingerprint density at radius 3 is 2.36 bits per heavy atom. The summed E-state index contributed by atoms with van der Waals surface area (Å²) in [5.74, 6) is 0.477. The Kier molecular flexibility index (Phi) is 11.2. The van der Waals surface area contributed by atoms with Gasteiger partial charge in [-0.05, 0) is 73.7 Å². The third kappa shape index (κ3) is 8.12. The molecule has 1 amide bonds. The second-order valence-electron chi connectivity index (χ2n) is 12.5. The van der Waals surface area contributed by atoms with Gasteiger partial charge >= 0.3 is 0 Å². The van der Waals surface area contributed by atoms with Gasteiger partial charge in [0.1, 0.15) is 6.04 Å². The fraction of sp³-hybridized carbons (Fsp3) is 0.447. The average Bonchev–Trinajstić information content (AvgIpc) is 3.05. The van der Waals surface area contributed by atoms with Crippen LogP contribution in [-0.4, -0.2) is 72.5 Å². The van der Waals surface area contributed by atoms with E-state index in [0.717, 1.165) is 76.3 Å². The quantitative estimate of drug-likeness (QED) is 0.247. The van der Waals surface area contributed by atoms with Gasteiger partial charge < -0.3 is 15.1 Å². The van der Waals surface area contributed by atoms with E-state index < -0.39 is 0 Å². The highest BCUT2D eigenvalue weighted by atomic mass is 35.5. The summed E-state index contributed by atoms with van der Waals surface area (Å²) in [5.41, 5.74) is 7.57. The highest BCUT2D eigenvalue weighted by Crippen LogP contribution is 2.29. The lowest BCUT2D eigenvalue weighted by Gasteiger charge is -2.42. The molecule has 3 aromatic carbocycles. The summed E-state index contributed by atoms with van der Waals surface area (Å²) in [6.07, 6.45) is 3.67. The van der Waals surface area contributed by atoms with Gasteiger partial charge in [-0.1, -0.05) is 98.3 Å². The Morgan fingerprint density at radius 2 is 1.68 bits per heavy atom. The normalized spacial score (nSPS) is 18.5. The number of aryl methyl sites for hydroxylation is 2. The van der Waals surface area contributed by atoms with Gasteiger partial charge in [0.2, 0.25) is 5.91 Å². The highest BCUT2D eigenvalue weighted by Gasteiger charge is 2.32. The summed E-state index contributed by atoms with van der Waals surface area (Å²) < 4.78 is 0. The number of hydrogen-bond donors (Lipinski definition) is 1. The Balaban J connectivity index is 1.28. The van der Waals surface area contributed by atoms with E-state index in [2.05, 4.69) is 95.9 Å². The van der Waals surface area contributed by atoms with Gasteiger partial charge in [0.15, 0.2) is 0 Å². The van der Waals surface area contributed by atoms with Gasteiger partial charge in [-0.15, -0.1) is 0 Å². The van der Waals surface area contributed by atoms with Crippen LogP contribution in [-0.2, 0) is 24.1 Å². The molecule has 6 heteroatoms. The van der Waals surface area contributed by atoms with Gasteiger partial charge in [-0.25, -0.2) is 0 Å². The molecule has 1 N–H and O–H groups in total. The lowest BCUT2D eigenvalue weighted by molar-refractivity contribution is -0.135. The van der Waals surface area contributed by atoms with Crippen molar-refractivity contribution < 1.29 is 4.79 Å². The number of allylic oxidation sites excluding steroid dienone is 1. The minimum absolute atomic E-state index is 0.160. The third-order valence-corrected chi connectivity index (χ3v) is 9.92. The highest BCUT2D eigenvalue weighted by molar-refractivity contribution is 6.30. The number of likely N-dealkylation sites (N-methyl/N-ethyl adjacent to an activating group) is 1. The molecular weight excluding hydrogens is 564 g/mol. The first-order chi connectivity index (χ1) is 21.3. The first-order valence-corrected chi connectivity index (χ1v) is 16.8. The number of amides is 1. The minimum Gasteiger partial charge on any atom is -0.377 e. The molecular formula is C38H49ClN4O. The van der Waals surface area contributed by atoms with E-state index in [1.165, 1.54) is 22.3 Å². The van der Waals surface area contributed by atoms with Crippen molar-refractivity contribution in [1.29, 1.82) is 0 Å². The zero-order valence-corrected chi connectivity index (χ0v) is 27.5. The second-order valence-corrected chi connectivity index (χ2v) is 13.0. The summed E-state index contributed by atoms with van der Waals surface area (Å²) >= 11 is 6.19. The lowest BCUT2D eigenvalue weighted by Crippen LogP contribution is -2.56. The molecule has 1 aliphatic heterocycles. The fourth-order valence-corrected chi connectivity index (χ4v) is 7.03. The van der Waals surface area contributed by atoms with Gasteiger partial charge in [-0.2, -0.15) is 0 Å². The van der Waals surface area contributed by atoms with Crippen molar-refractivity contribution in [2.45, 2.75) is 58.5 Å². The fourth-order valence-electron chi connectivity index (χ4n) is 6.90. The topological polar surface area (TPSA) is 38.8 Å². The maximum Gasteiger partial charge on any atom is 0.245 e. The molecule has 3 atom stereocenters. The molecule has 0 saturated carbocycles. The van der Waals surface area contributed by atoms with Crippen LogP contribution < -0.4 is 5.32 Å². The molecule has 5 nitrogen and oxygen atoms in total. The number of piperazine rings is 1. The van der Waals surface area contributed by atoms with Crippen LogP contribution >= 0.6 is 11.6 Å². The van der Waals surface area contributed by atoms with Gasteiger partial charge in [0.05, 0.1) is 0 Å². The van der Waals surface area contributed by atoms with E-state index >= 15 is 0 Å². The molecule has 0 aromatic heterocycles. The van der Waals surface area contributed by atoms with E-state index in [1.54, 1.807) is 0 Å². The average molecular weight is 613 g/mol. The number of benzene rings is 3. The molecule has 1 fully saturated rings. The molecule has 3 aromatic rings. The van der Waals surface area contributed by atoms with E-state index in [4.69, 9.17) is 11.6 Å². The molecule has 2 aliphatic rings. The molecule has 5 rings (SSSR count). The van der Waals surface area contributed by atoms with Crippen molar-refractivity contribution in [1.82, 2.24) is 20.0 Å². The second kappa shape index (κ2) is 15.2. The van der Waals surface area contributed by atoms with Crippen molar-refractivity contribution in [2.75, 3.05) is 45.8 Å². The summed E-state index contributed by atoms with van der Waals surface area (Å²) in [6.45, 7) is 17.4. The minimum atomic E-state index is -0.365. The van der Waals surface area contributed by atoms with Gasteiger partial charge in [0, 0.05) is 61.8 Å². The number of halogens is 1. The standard InChI is InChI=1S/C38H49ClN4O/c1-5-41(6-2)27-37(34-13-9-10-28(3)24-34)42-20-22-43(23-21-42)38(44)36(25-30-14-18-35(39)19-15-30)40-29(4)32-17-16-31-11-7-8-12-33(31)26-32/h7-15,18-19,24,32,36-37,40H,4-6,16-17,20-23,25-27H2,1-3H3. The lowest BCUT2D eigenvalue weighted by atomic mass is 9.82. The summed E-state index contributed by atoms with van der Waals surface area (Å²) in [6, 6.07) is 25.5. The maximum atomic E-state index is 14.2. The van der Waals surface area contributed by atoms with Gasteiger partial charge in [0.25, 0.3) is 0 Å². The maximum absolute atomic E-state index is 14.2. The number of nitrogens with one attached hydrogen (secondary N) is 1. The van der Waals surface area contributed by atoms with Crippen LogP contribution in [0.25, 0.3) is 0 Å². The molecule has 0 radical (unpaired) electrons. The van der Waals surface area contributed by atoms with Crippen molar-refractivity contribution in [2.24, 2.45) is 5.92 Å². The third-order valence-electron chi connectivity index (χ3n) is 9.67. The Morgan fingerprint density at radius 1 is 0.977 bits per heavy atom. The van der Waals surface area contributed by atoms with E-state index in [9.17, 15) is 4.79 Å². The molecule has 234 valence electrons. The first-order valence-electron chi connectivity index (χ1n) is 16.4. The van der Waals surface area contributed by atoms with E-state index in [-0.39, 0.29) is 11.9 Å². The molecule has 3 unspecified atom stereocenters. The Hall–Kier alpha value is -3.12. The zero-order valence-electron chi connectivity index (χ0n) is 26.8. The van der Waals surface area contributed by atoms with Crippen LogP contribution in [0.5, 0.6) is 0 Å². The molecule has 1 aliphatic carbocycles. The number of carbonyl (C=O) groups excluding carboxylic acids is 1. The van der Waals surface area contributed by atoms with Crippen LogP contribution in [0.1, 0.15) is 54.1 Å². The number of fused-ring (bicyclic) bond motifs is 1. The molecule has 1 saturated heterocycles. The largest absolute Gasteiger partial charge is 0.377 e. The number of nitrogens with zero attached hydrogens (tertiary/aromatic N) is 3. The molecule has 0 spiro atoms. The van der Waals surface area contributed by atoms with Crippen molar-refractivity contribution in [3.8, 4) is 0 Å². The van der Waals surface area contributed by atoms with Crippen LogP contribution in [0.2, 0.25) is 5.02 Å². The Labute approximate surface area is 269 Å². The number of hydrogen-bond acceptors (Lipinski definition) is 4.